The fourth-order valence-corrected chi connectivity index (χ4v) is 1.67. The third-order valence-corrected chi connectivity index (χ3v) is 2.75. The molecule has 0 radical (unpaired) electrons. The molecule has 0 aromatic heterocycles. The van der Waals surface area contributed by atoms with Crippen LogP contribution in [0.1, 0.15) is 18.4 Å². The summed E-state index contributed by atoms with van der Waals surface area (Å²) in [4.78, 5) is 24.1. The van der Waals surface area contributed by atoms with Gasteiger partial charge in [0.2, 0.25) is 0 Å². The largest absolute Gasteiger partial charge is 0.481 e. The highest BCUT2D eigenvalue weighted by Gasteiger charge is 2.23. The van der Waals surface area contributed by atoms with E-state index in [0.717, 1.165) is 5.56 Å². The summed E-state index contributed by atoms with van der Waals surface area (Å²) in [7, 11) is 3.46. The van der Waals surface area contributed by atoms with Gasteiger partial charge in [0, 0.05) is 6.42 Å². The van der Waals surface area contributed by atoms with Gasteiger partial charge < -0.3 is 9.84 Å². The Morgan fingerprint density at radius 3 is 2.42 bits per heavy atom. The number of carbonyl (C=O) groups excluding carboxylic acids is 1. The predicted octanol–water partition coefficient (Wildman–Crippen LogP) is 1.52. The van der Waals surface area contributed by atoms with Crippen LogP contribution in [0, 0.1) is 0 Å². The molecule has 104 valence electrons. The van der Waals surface area contributed by atoms with Gasteiger partial charge in [0.1, 0.15) is 12.6 Å². The summed E-state index contributed by atoms with van der Waals surface area (Å²) in [5, 5.41) is 8.66. The lowest BCUT2D eigenvalue weighted by Gasteiger charge is -2.21. The van der Waals surface area contributed by atoms with E-state index in [2.05, 4.69) is 0 Å². The third-order valence-electron chi connectivity index (χ3n) is 2.75. The van der Waals surface area contributed by atoms with Gasteiger partial charge >= 0.3 is 11.9 Å². The summed E-state index contributed by atoms with van der Waals surface area (Å²) in [6.45, 7) is 0.205. The average Bonchev–Trinajstić information content (AvgIpc) is 2.37. The lowest BCUT2D eigenvalue weighted by molar-refractivity contribution is -0.151. The first-order valence-electron chi connectivity index (χ1n) is 6.09. The summed E-state index contributed by atoms with van der Waals surface area (Å²) < 4.78 is 5.21. The molecular formula is C14H19NO4. The fourth-order valence-electron chi connectivity index (χ4n) is 1.67. The summed E-state index contributed by atoms with van der Waals surface area (Å²) in [6.07, 6.45) is 0.194. The lowest BCUT2D eigenvalue weighted by atomic mass is 10.1. The number of ether oxygens (including phenoxy) is 1. The molecule has 5 heteroatoms. The Bertz CT molecular complexity index is 417. The second-order valence-electron chi connectivity index (χ2n) is 4.51. The minimum absolute atomic E-state index is 0.0523. The first kappa shape index (κ1) is 15.2. The van der Waals surface area contributed by atoms with Crippen LogP contribution in [0.2, 0.25) is 0 Å². The number of carbonyl (C=O) groups is 2. The Kier molecular flexibility index (Phi) is 6.02. The van der Waals surface area contributed by atoms with E-state index in [-0.39, 0.29) is 19.4 Å². The van der Waals surface area contributed by atoms with Gasteiger partial charge in [-0.15, -0.1) is 0 Å². The lowest BCUT2D eigenvalue weighted by Crippen LogP contribution is -2.37. The SMILES string of the molecule is CN(C)[C@@H](CCC(=O)O)C(=O)OCc1ccccc1. The van der Waals surface area contributed by atoms with Crippen LogP contribution in [-0.4, -0.2) is 42.1 Å². The molecule has 0 aliphatic heterocycles. The zero-order valence-electron chi connectivity index (χ0n) is 11.2. The van der Waals surface area contributed by atoms with Crippen molar-refractivity contribution in [1.29, 1.82) is 0 Å². The van der Waals surface area contributed by atoms with Crippen molar-refractivity contribution in [2.24, 2.45) is 0 Å². The van der Waals surface area contributed by atoms with E-state index >= 15 is 0 Å². The van der Waals surface area contributed by atoms with E-state index in [0.29, 0.717) is 0 Å². The highest BCUT2D eigenvalue weighted by Crippen LogP contribution is 2.08. The van der Waals surface area contributed by atoms with Crippen LogP contribution < -0.4 is 0 Å². The number of carboxylic acid groups (broad SMARTS) is 1. The number of benzene rings is 1. The molecule has 0 aliphatic rings. The van der Waals surface area contributed by atoms with Gasteiger partial charge in [-0.05, 0) is 26.1 Å². The summed E-state index contributed by atoms with van der Waals surface area (Å²) >= 11 is 0. The smallest absolute Gasteiger partial charge is 0.323 e. The molecule has 1 aromatic carbocycles. The highest BCUT2D eigenvalue weighted by atomic mass is 16.5. The Morgan fingerprint density at radius 2 is 1.89 bits per heavy atom. The summed E-state index contributed by atoms with van der Waals surface area (Å²) in [5.74, 6) is -1.31. The molecular weight excluding hydrogens is 246 g/mol. The number of nitrogens with zero attached hydrogens (tertiary/aromatic N) is 1. The van der Waals surface area contributed by atoms with Crippen LogP contribution in [0.25, 0.3) is 0 Å². The van der Waals surface area contributed by atoms with Gasteiger partial charge in [0.05, 0.1) is 0 Å². The van der Waals surface area contributed by atoms with Crippen molar-refractivity contribution in [2.75, 3.05) is 14.1 Å². The second kappa shape index (κ2) is 7.53. The Hall–Kier alpha value is -1.88. The monoisotopic (exact) mass is 265 g/mol. The van der Waals surface area contributed by atoms with E-state index in [4.69, 9.17) is 9.84 Å². The topological polar surface area (TPSA) is 66.8 Å². The van der Waals surface area contributed by atoms with E-state index in [1.54, 1.807) is 19.0 Å². The van der Waals surface area contributed by atoms with Gasteiger partial charge in [-0.1, -0.05) is 30.3 Å². The molecule has 19 heavy (non-hydrogen) atoms. The van der Waals surface area contributed by atoms with Crippen LogP contribution in [0.4, 0.5) is 0 Å². The number of hydrogen-bond donors (Lipinski definition) is 1. The predicted molar refractivity (Wildman–Crippen MR) is 70.6 cm³/mol. The highest BCUT2D eigenvalue weighted by molar-refractivity contribution is 5.77. The Balaban J connectivity index is 2.50. The van der Waals surface area contributed by atoms with Gasteiger partial charge in [-0.25, -0.2) is 0 Å². The second-order valence-corrected chi connectivity index (χ2v) is 4.51. The third kappa shape index (κ3) is 5.52. The molecule has 0 saturated heterocycles. The number of carboxylic acids is 1. The number of esters is 1. The quantitative estimate of drug-likeness (QED) is 0.757. The first-order valence-corrected chi connectivity index (χ1v) is 6.09. The summed E-state index contributed by atoms with van der Waals surface area (Å²) in [6, 6.07) is 8.85. The summed E-state index contributed by atoms with van der Waals surface area (Å²) in [5.41, 5.74) is 0.909. The zero-order valence-corrected chi connectivity index (χ0v) is 11.2. The van der Waals surface area contributed by atoms with E-state index < -0.39 is 18.0 Å². The molecule has 0 aliphatic carbocycles. The minimum Gasteiger partial charge on any atom is -0.481 e. The van der Waals surface area contributed by atoms with Crippen molar-refractivity contribution in [3.8, 4) is 0 Å². The molecule has 0 amide bonds. The van der Waals surface area contributed by atoms with E-state index in [1.165, 1.54) is 0 Å². The van der Waals surface area contributed by atoms with Gasteiger partial charge in [0.15, 0.2) is 0 Å². The molecule has 1 rings (SSSR count). The number of rotatable bonds is 7. The van der Waals surface area contributed by atoms with Crippen molar-refractivity contribution in [2.45, 2.75) is 25.5 Å². The number of aliphatic carboxylic acids is 1. The number of hydrogen-bond acceptors (Lipinski definition) is 4. The Morgan fingerprint density at radius 1 is 1.26 bits per heavy atom. The van der Waals surface area contributed by atoms with Crippen LogP contribution in [0.3, 0.4) is 0 Å². The van der Waals surface area contributed by atoms with Crippen molar-refractivity contribution in [3.05, 3.63) is 35.9 Å². The Labute approximate surface area is 112 Å². The number of likely N-dealkylation sites (N-methyl/N-ethyl adjacent to an activating group) is 1. The molecule has 1 atom stereocenters. The van der Waals surface area contributed by atoms with Crippen molar-refractivity contribution >= 4 is 11.9 Å². The molecule has 0 unspecified atom stereocenters. The molecule has 0 saturated carbocycles. The van der Waals surface area contributed by atoms with Crippen LogP contribution >= 0.6 is 0 Å². The molecule has 0 heterocycles. The van der Waals surface area contributed by atoms with Crippen LogP contribution in [0.5, 0.6) is 0 Å². The van der Waals surface area contributed by atoms with Crippen molar-refractivity contribution in [1.82, 2.24) is 4.90 Å². The van der Waals surface area contributed by atoms with Crippen molar-refractivity contribution < 1.29 is 19.4 Å². The van der Waals surface area contributed by atoms with Crippen molar-refractivity contribution in [3.63, 3.8) is 0 Å². The van der Waals surface area contributed by atoms with Crippen LogP contribution in [0.15, 0.2) is 30.3 Å². The van der Waals surface area contributed by atoms with E-state index in [9.17, 15) is 9.59 Å². The van der Waals surface area contributed by atoms with E-state index in [1.807, 2.05) is 30.3 Å². The zero-order chi connectivity index (χ0) is 14.3. The average molecular weight is 265 g/mol. The molecule has 1 aromatic rings. The van der Waals surface area contributed by atoms with Gasteiger partial charge in [-0.3, -0.25) is 14.5 Å². The fraction of sp³-hybridized carbons (Fsp3) is 0.429. The molecule has 0 fully saturated rings. The molecule has 1 N–H and O–H groups in total. The maximum atomic E-state index is 11.9. The molecule has 0 spiro atoms. The standard InChI is InChI=1S/C14H19NO4/c1-15(2)12(8-9-13(16)17)14(18)19-10-11-6-4-3-5-7-11/h3-7,12H,8-10H2,1-2H3,(H,16,17)/t12-/m0/s1. The molecule has 5 nitrogen and oxygen atoms in total. The first-order chi connectivity index (χ1) is 9.00. The maximum Gasteiger partial charge on any atom is 0.323 e. The normalized spacial score (nSPS) is 12.2. The van der Waals surface area contributed by atoms with Crippen LogP contribution in [-0.2, 0) is 20.9 Å². The van der Waals surface area contributed by atoms with Gasteiger partial charge in [0.25, 0.3) is 0 Å². The molecule has 0 bridgehead atoms. The van der Waals surface area contributed by atoms with Gasteiger partial charge in [-0.2, -0.15) is 0 Å². The minimum atomic E-state index is -0.914. The maximum absolute atomic E-state index is 11.9.